The normalized spacial score (nSPS) is 22.3. The number of hydrogen-bond donors (Lipinski definition) is 0. The van der Waals surface area contributed by atoms with E-state index in [0.29, 0.717) is 19.0 Å². The second-order valence-electron chi connectivity index (χ2n) is 4.73. The van der Waals surface area contributed by atoms with Crippen LogP contribution in [-0.4, -0.2) is 35.4 Å². The Kier molecular flexibility index (Phi) is 3.99. The lowest BCUT2D eigenvalue weighted by Gasteiger charge is -2.30. The molecule has 1 aliphatic rings. The zero-order valence-electron chi connectivity index (χ0n) is 10.6. The molecule has 1 atom stereocenters. The number of imidazole rings is 1. The molecule has 0 bridgehead atoms. The summed E-state index contributed by atoms with van der Waals surface area (Å²) >= 11 is 5.98. The van der Waals surface area contributed by atoms with E-state index in [0.717, 1.165) is 19.3 Å². The lowest BCUT2D eigenvalue weighted by atomic mass is 9.97. The van der Waals surface area contributed by atoms with E-state index >= 15 is 0 Å². The summed E-state index contributed by atoms with van der Waals surface area (Å²) < 4.78 is 27.9. The van der Waals surface area contributed by atoms with Gasteiger partial charge in [0, 0.05) is 20.1 Å². The van der Waals surface area contributed by atoms with E-state index in [9.17, 15) is 8.42 Å². The maximum atomic E-state index is 12.4. The average Bonchev–Trinajstić information content (AvgIpc) is 2.70. The van der Waals surface area contributed by atoms with Crippen LogP contribution in [0.2, 0.25) is 5.15 Å². The van der Waals surface area contributed by atoms with Crippen LogP contribution < -0.4 is 0 Å². The minimum Gasteiger partial charge on any atom is -0.324 e. The van der Waals surface area contributed by atoms with Gasteiger partial charge in [-0.25, -0.2) is 13.4 Å². The molecule has 5 nitrogen and oxygen atoms in total. The van der Waals surface area contributed by atoms with Crippen LogP contribution in [0.25, 0.3) is 0 Å². The molecule has 0 saturated carbocycles. The van der Waals surface area contributed by atoms with Crippen LogP contribution >= 0.6 is 11.6 Å². The highest BCUT2D eigenvalue weighted by Gasteiger charge is 2.33. The molecule has 1 aliphatic heterocycles. The van der Waals surface area contributed by atoms with Crippen molar-refractivity contribution in [2.45, 2.75) is 31.2 Å². The summed E-state index contributed by atoms with van der Waals surface area (Å²) in [5.41, 5.74) is 0. The van der Waals surface area contributed by atoms with Gasteiger partial charge in [0.15, 0.2) is 0 Å². The first-order valence-electron chi connectivity index (χ1n) is 6.13. The Labute approximate surface area is 113 Å². The molecular formula is C11H18ClN3O2S. The minimum absolute atomic E-state index is 0.0246. The molecule has 0 unspecified atom stereocenters. The maximum Gasteiger partial charge on any atom is 0.263 e. The zero-order valence-corrected chi connectivity index (χ0v) is 12.2. The molecular weight excluding hydrogens is 274 g/mol. The molecule has 7 heteroatoms. The van der Waals surface area contributed by atoms with E-state index in [-0.39, 0.29) is 10.2 Å². The van der Waals surface area contributed by atoms with Gasteiger partial charge >= 0.3 is 0 Å². The van der Waals surface area contributed by atoms with Crippen LogP contribution in [0.3, 0.4) is 0 Å². The Bertz CT molecular complexity index is 526. The second kappa shape index (κ2) is 5.19. The fraction of sp³-hybridized carbons (Fsp3) is 0.727. The fourth-order valence-corrected chi connectivity index (χ4v) is 4.21. The number of halogens is 1. The number of sulfonamides is 1. The third-order valence-corrected chi connectivity index (χ3v) is 5.83. The molecule has 0 aliphatic carbocycles. The second-order valence-corrected chi connectivity index (χ2v) is 6.94. The molecule has 0 spiro atoms. The molecule has 0 N–H and O–H groups in total. The van der Waals surface area contributed by atoms with Gasteiger partial charge in [0.05, 0.1) is 6.33 Å². The molecule has 0 aromatic carbocycles. The Balaban J connectivity index is 2.28. The summed E-state index contributed by atoms with van der Waals surface area (Å²) in [5.74, 6) is 0.441. The first kappa shape index (κ1) is 13.8. The molecule has 18 heavy (non-hydrogen) atoms. The largest absolute Gasteiger partial charge is 0.324 e. The van der Waals surface area contributed by atoms with Gasteiger partial charge < -0.3 is 4.57 Å². The number of hydrogen-bond acceptors (Lipinski definition) is 3. The smallest absolute Gasteiger partial charge is 0.263 e. The van der Waals surface area contributed by atoms with Crippen molar-refractivity contribution >= 4 is 21.6 Å². The van der Waals surface area contributed by atoms with Crippen LogP contribution in [0.1, 0.15) is 26.2 Å². The Morgan fingerprint density at radius 1 is 1.56 bits per heavy atom. The van der Waals surface area contributed by atoms with Crippen LogP contribution in [0.15, 0.2) is 11.4 Å². The molecule has 0 radical (unpaired) electrons. The summed E-state index contributed by atoms with van der Waals surface area (Å²) in [6.07, 6.45) is 4.43. The van der Waals surface area contributed by atoms with Crippen molar-refractivity contribution in [1.82, 2.24) is 13.9 Å². The number of nitrogens with zero attached hydrogens (tertiary/aromatic N) is 3. The molecule has 1 saturated heterocycles. The third kappa shape index (κ3) is 2.41. The van der Waals surface area contributed by atoms with Crippen molar-refractivity contribution in [1.29, 1.82) is 0 Å². The highest BCUT2D eigenvalue weighted by molar-refractivity contribution is 7.89. The quantitative estimate of drug-likeness (QED) is 0.854. The third-order valence-electron chi connectivity index (χ3n) is 3.48. The monoisotopic (exact) mass is 291 g/mol. The van der Waals surface area contributed by atoms with E-state index in [1.807, 2.05) is 0 Å². The van der Waals surface area contributed by atoms with Crippen molar-refractivity contribution < 1.29 is 8.42 Å². The molecule has 2 rings (SSSR count). The van der Waals surface area contributed by atoms with E-state index < -0.39 is 10.0 Å². The van der Waals surface area contributed by atoms with E-state index in [4.69, 9.17) is 11.6 Å². The van der Waals surface area contributed by atoms with Crippen molar-refractivity contribution in [3.63, 3.8) is 0 Å². The predicted molar refractivity (Wildman–Crippen MR) is 70.0 cm³/mol. The summed E-state index contributed by atoms with van der Waals surface area (Å²) in [5, 5.41) is 0.150. The van der Waals surface area contributed by atoms with Crippen molar-refractivity contribution in [3.05, 3.63) is 11.5 Å². The lowest BCUT2D eigenvalue weighted by Crippen LogP contribution is -2.39. The van der Waals surface area contributed by atoms with Crippen molar-refractivity contribution in [3.8, 4) is 0 Å². The Morgan fingerprint density at radius 2 is 2.28 bits per heavy atom. The van der Waals surface area contributed by atoms with Gasteiger partial charge in [0.25, 0.3) is 10.0 Å². The summed E-state index contributed by atoms with van der Waals surface area (Å²) in [7, 11) is -1.87. The first-order valence-corrected chi connectivity index (χ1v) is 7.95. The van der Waals surface area contributed by atoms with Gasteiger partial charge in [-0.05, 0) is 18.8 Å². The van der Waals surface area contributed by atoms with Gasteiger partial charge in [-0.1, -0.05) is 24.9 Å². The standard InChI is InChI=1S/C11H18ClN3O2S/c1-3-9-5-4-6-15(7-9)18(16,17)11-10(12)14(2)8-13-11/h8-9H,3-7H2,1-2H3/t9-/m0/s1. The summed E-state index contributed by atoms with van der Waals surface area (Å²) in [6.45, 7) is 3.23. The Morgan fingerprint density at radius 3 is 2.83 bits per heavy atom. The van der Waals surface area contributed by atoms with E-state index in [2.05, 4.69) is 11.9 Å². The number of aromatic nitrogens is 2. The van der Waals surface area contributed by atoms with Crippen LogP contribution in [-0.2, 0) is 17.1 Å². The summed E-state index contributed by atoms with van der Waals surface area (Å²) in [4.78, 5) is 3.91. The van der Waals surface area contributed by atoms with Gasteiger partial charge in [0.1, 0.15) is 5.15 Å². The minimum atomic E-state index is -3.55. The number of rotatable bonds is 3. The Hall–Kier alpha value is -0.590. The first-order chi connectivity index (χ1) is 8.46. The molecule has 1 aromatic rings. The van der Waals surface area contributed by atoms with Gasteiger partial charge in [-0.3, -0.25) is 0 Å². The average molecular weight is 292 g/mol. The SMILES string of the molecule is CC[C@H]1CCCN(S(=O)(=O)c2ncn(C)c2Cl)C1. The maximum absolute atomic E-state index is 12.4. The molecule has 102 valence electrons. The van der Waals surface area contributed by atoms with E-state index in [1.165, 1.54) is 15.2 Å². The molecule has 1 fully saturated rings. The van der Waals surface area contributed by atoms with Crippen molar-refractivity contribution in [2.24, 2.45) is 13.0 Å². The predicted octanol–water partition coefficient (Wildman–Crippen LogP) is 1.88. The number of piperidine rings is 1. The highest BCUT2D eigenvalue weighted by Crippen LogP contribution is 2.27. The van der Waals surface area contributed by atoms with Gasteiger partial charge in [-0.2, -0.15) is 4.31 Å². The molecule has 0 amide bonds. The topological polar surface area (TPSA) is 55.2 Å². The zero-order chi connectivity index (χ0) is 13.3. The van der Waals surface area contributed by atoms with Gasteiger partial charge in [0.2, 0.25) is 5.03 Å². The van der Waals surface area contributed by atoms with E-state index in [1.54, 1.807) is 7.05 Å². The fourth-order valence-electron chi connectivity index (χ4n) is 2.27. The number of aryl methyl sites for hydroxylation is 1. The van der Waals surface area contributed by atoms with Crippen LogP contribution in [0.4, 0.5) is 0 Å². The molecule has 2 heterocycles. The van der Waals surface area contributed by atoms with Crippen molar-refractivity contribution in [2.75, 3.05) is 13.1 Å². The lowest BCUT2D eigenvalue weighted by molar-refractivity contribution is 0.261. The summed E-state index contributed by atoms with van der Waals surface area (Å²) in [6, 6.07) is 0. The van der Waals surface area contributed by atoms with Gasteiger partial charge in [-0.15, -0.1) is 0 Å². The molecule has 1 aromatic heterocycles. The van der Waals surface area contributed by atoms with Crippen LogP contribution in [0, 0.1) is 5.92 Å². The highest BCUT2D eigenvalue weighted by atomic mass is 35.5. The van der Waals surface area contributed by atoms with Crippen LogP contribution in [0.5, 0.6) is 0 Å².